The van der Waals surface area contributed by atoms with Crippen molar-refractivity contribution in [2.45, 2.75) is 19.6 Å². The molecule has 1 fully saturated rings. The Bertz CT molecular complexity index is 1790. The topological polar surface area (TPSA) is 70.0 Å². The molecule has 2 amide bonds. The minimum absolute atomic E-state index is 0.0218. The SMILES string of the molecule is CC(=O)c1ccc(-c2ccc3nc(-c4ccccc4)c(CN4CCN(C(=O)Nc5ccc(C(F)(F)F)cc5)CC4)n3c2)cc1. The van der Waals surface area contributed by atoms with E-state index in [0.29, 0.717) is 44.0 Å². The Labute approximate surface area is 252 Å². The van der Waals surface area contributed by atoms with E-state index in [-0.39, 0.29) is 11.8 Å². The van der Waals surface area contributed by atoms with Crippen LogP contribution < -0.4 is 5.32 Å². The van der Waals surface area contributed by atoms with Gasteiger partial charge < -0.3 is 14.6 Å². The maximum atomic E-state index is 12.9. The minimum Gasteiger partial charge on any atom is -0.322 e. The first kappa shape index (κ1) is 29.1. The Kier molecular flexibility index (Phi) is 7.92. The molecule has 0 aliphatic carbocycles. The lowest BCUT2D eigenvalue weighted by molar-refractivity contribution is -0.137. The van der Waals surface area contributed by atoms with Crippen molar-refractivity contribution >= 4 is 23.1 Å². The average Bonchev–Trinajstić information content (AvgIpc) is 3.39. The zero-order valence-electron chi connectivity index (χ0n) is 24.0. The lowest BCUT2D eigenvalue weighted by Crippen LogP contribution is -2.49. The van der Waals surface area contributed by atoms with Crippen molar-refractivity contribution in [3.8, 4) is 22.4 Å². The maximum Gasteiger partial charge on any atom is 0.416 e. The summed E-state index contributed by atoms with van der Waals surface area (Å²) in [5.41, 5.74) is 5.94. The fourth-order valence-corrected chi connectivity index (χ4v) is 5.41. The number of urea groups is 1. The van der Waals surface area contributed by atoms with Gasteiger partial charge in [-0.3, -0.25) is 9.69 Å². The van der Waals surface area contributed by atoms with Crippen molar-refractivity contribution in [2.24, 2.45) is 0 Å². The van der Waals surface area contributed by atoms with Crippen LogP contribution in [0.4, 0.5) is 23.7 Å². The summed E-state index contributed by atoms with van der Waals surface area (Å²) in [5.74, 6) is 0.0218. The number of benzene rings is 3. The average molecular weight is 598 g/mol. The Morgan fingerprint density at radius 1 is 0.795 bits per heavy atom. The Morgan fingerprint density at radius 2 is 1.45 bits per heavy atom. The third-order valence-electron chi connectivity index (χ3n) is 7.89. The number of halogens is 3. The molecule has 0 radical (unpaired) electrons. The number of nitrogens with one attached hydrogen (secondary N) is 1. The summed E-state index contributed by atoms with van der Waals surface area (Å²) in [6.07, 6.45) is -2.36. The molecule has 1 aliphatic heterocycles. The summed E-state index contributed by atoms with van der Waals surface area (Å²) in [4.78, 5) is 33.5. The Hall–Kier alpha value is -4.96. The van der Waals surface area contributed by atoms with Gasteiger partial charge in [0, 0.05) is 55.7 Å². The molecule has 44 heavy (non-hydrogen) atoms. The zero-order chi connectivity index (χ0) is 30.8. The van der Waals surface area contributed by atoms with Crippen molar-refractivity contribution in [3.05, 3.63) is 114 Å². The number of alkyl halides is 3. The molecule has 3 aromatic carbocycles. The number of Topliss-reactive ketones (excluding diaryl/α,β-unsaturated/α-hetero) is 1. The molecule has 3 heterocycles. The highest BCUT2D eigenvalue weighted by atomic mass is 19.4. The van der Waals surface area contributed by atoms with Crippen molar-refractivity contribution in [2.75, 3.05) is 31.5 Å². The van der Waals surface area contributed by atoms with Crippen molar-refractivity contribution in [1.29, 1.82) is 0 Å². The number of rotatable bonds is 6. The molecule has 0 bridgehead atoms. The standard InChI is InChI=1S/C34H30F3N5O2/c1-23(43)24-7-9-25(10-8-24)27-11-16-31-39-32(26-5-3-2-4-6-26)30(42(31)21-27)22-40-17-19-41(20-18-40)33(44)38-29-14-12-28(13-15-29)34(35,36)37/h2-16,21H,17-20,22H2,1H3,(H,38,44). The fourth-order valence-electron chi connectivity index (χ4n) is 5.41. The summed E-state index contributed by atoms with van der Waals surface area (Å²) in [5, 5.41) is 2.71. The highest BCUT2D eigenvalue weighted by molar-refractivity contribution is 5.94. The Morgan fingerprint density at radius 3 is 2.09 bits per heavy atom. The number of carbonyl (C=O) groups is 2. The fraction of sp³-hybridized carbons (Fsp3) is 0.206. The van der Waals surface area contributed by atoms with Crippen molar-refractivity contribution in [1.82, 2.24) is 19.2 Å². The molecular weight excluding hydrogens is 567 g/mol. The summed E-state index contributed by atoms with van der Waals surface area (Å²) in [7, 11) is 0. The quantitative estimate of drug-likeness (QED) is 0.210. The van der Waals surface area contributed by atoms with E-state index in [1.807, 2.05) is 66.7 Å². The van der Waals surface area contributed by atoms with Crippen molar-refractivity contribution in [3.63, 3.8) is 0 Å². The molecule has 1 aliphatic rings. The number of nitrogens with zero attached hydrogens (tertiary/aromatic N) is 4. The molecule has 5 aromatic rings. The molecule has 224 valence electrons. The van der Waals surface area contributed by atoms with E-state index in [1.54, 1.807) is 11.8 Å². The summed E-state index contributed by atoms with van der Waals surface area (Å²) in [6, 6.07) is 25.7. The van der Waals surface area contributed by atoms with Crippen molar-refractivity contribution < 1.29 is 22.8 Å². The van der Waals surface area contributed by atoms with Crippen LogP contribution in [0.2, 0.25) is 0 Å². The first-order valence-electron chi connectivity index (χ1n) is 14.3. The molecule has 0 saturated carbocycles. The largest absolute Gasteiger partial charge is 0.416 e. The molecular formula is C34H30F3N5O2. The number of hydrogen-bond acceptors (Lipinski definition) is 4. The van der Waals surface area contributed by atoms with Gasteiger partial charge in [-0.15, -0.1) is 0 Å². The van der Waals surface area contributed by atoms with Gasteiger partial charge in [0.2, 0.25) is 0 Å². The van der Waals surface area contributed by atoms with Gasteiger partial charge >= 0.3 is 12.2 Å². The first-order valence-corrected chi connectivity index (χ1v) is 14.3. The van der Waals surface area contributed by atoms with Crippen LogP contribution in [0, 0.1) is 0 Å². The third kappa shape index (κ3) is 6.21. The third-order valence-corrected chi connectivity index (χ3v) is 7.89. The summed E-state index contributed by atoms with van der Waals surface area (Å²) in [6.45, 7) is 4.33. The Balaban J connectivity index is 1.20. The van der Waals surface area contributed by atoms with Gasteiger partial charge in [0.05, 0.1) is 17.0 Å². The van der Waals surface area contributed by atoms with E-state index in [9.17, 15) is 22.8 Å². The summed E-state index contributed by atoms with van der Waals surface area (Å²) >= 11 is 0. The monoisotopic (exact) mass is 597 g/mol. The van der Waals surface area contributed by atoms with E-state index < -0.39 is 11.7 Å². The summed E-state index contributed by atoms with van der Waals surface area (Å²) < 4.78 is 40.7. The normalized spacial score (nSPS) is 14.1. The van der Waals surface area contributed by atoms with Gasteiger partial charge in [-0.2, -0.15) is 13.2 Å². The number of carbonyl (C=O) groups excluding carboxylic acids is 2. The second kappa shape index (κ2) is 12.0. The predicted molar refractivity (Wildman–Crippen MR) is 163 cm³/mol. The van der Waals surface area contributed by atoms with E-state index >= 15 is 0 Å². The number of hydrogen-bond donors (Lipinski definition) is 1. The molecule has 1 saturated heterocycles. The van der Waals surface area contributed by atoms with Gasteiger partial charge in [0.1, 0.15) is 5.65 Å². The molecule has 0 spiro atoms. The number of fused-ring (bicyclic) bond motifs is 1. The van der Waals surface area contributed by atoms with Gasteiger partial charge in [-0.05, 0) is 54.4 Å². The molecule has 7 nitrogen and oxygen atoms in total. The predicted octanol–water partition coefficient (Wildman–Crippen LogP) is 7.24. The van der Waals surface area contributed by atoms with Crippen LogP contribution in [-0.2, 0) is 12.7 Å². The van der Waals surface area contributed by atoms with Gasteiger partial charge in [-0.1, -0.05) is 54.6 Å². The number of pyridine rings is 1. The van der Waals surface area contributed by atoms with Crippen LogP contribution in [0.25, 0.3) is 28.0 Å². The highest BCUT2D eigenvalue weighted by Crippen LogP contribution is 2.31. The number of amides is 2. The number of ketones is 1. The lowest BCUT2D eigenvalue weighted by Gasteiger charge is -2.34. The lowest BCUT2D eigenvalue weighted by atomic mass is 10.0. The van der Waals surface area contributed by atoms with Gasteiger partial charge in [0.15, 0.2) is 5.78 Å². The van der Waals surface area contributed by atoms with E-state index in [1.165, 1.54) is 12.1 Å². The number of piperazine rings is 1. The molecule has 0 unspecified atom stereocenters. The molecule has 1 N–H and O–H groups in total. The first-order chi connectivity index (χ1) is 21.2. The molecule has 2 aromatic heterocycles. The van der Waals surface area contributed by atoms with Crippen LogP contribution in [-0.4, -0.2) is 57.2 Å². The smallest absolute Gasteiger partial charge is 0.322 e. The van der Waals surface area contributed by atoms with Crippen LogP contribution in [0.15, 0.2) is 97.2 Å². The number of aromatic nitrogens is 2. The van der Waals surface area contributed by atoms with E-state index in [0.717, 1.165) is 45.9 Å². The van der Waals surface area contributed by atoms with Crippen LogP contribution in [0.1, 0.15) is 28.5 Å². The molecule has 6 rings (SSSR count). The van der Waals surface area contributed by atoms with E-state index in [2.05, 4.69) is 20.8 Å². The van der Waals surface area contributed by atoms with Gasteiger partial charge in [0.25, 0.3) is 0 Å². The second-order valence-corrected chi connectivity index (χ2v) is 10.8. The minimum atomic E-state index is -4.43. The molecule has 10 heteroatoms. The van der Waals surface area contributed by atoms with Crippen LogP contribution >= 0.6 is 0 Å². The maximum absolute atomic E-state index is 12.9. The van der Waals surface area contributed by atoms with E-state index in [4.69, 9.17) is 4.98 Å². The zero-order valence-corrected chi connectivity index (χ0v) is 24.0. The number of imidazole rings is 1. The molecule has 0 atom stereocenters. The number of anilines is 1. The van der Waals surface area contributed by atoms with Gasteiger partial charge in [-0.25, -0.2) is 9.78 Å². The highest BCUT2D eigenvalue weighted by Gasteiger charge is 2.30. The second-order valence-electron chi connectivity index (χ2n) is 10.8. The van der Waals surface area contributed by atoms with Crippen LogP contribution in [0.3, 0.4) is 0 Å². The van der Waals surface area contributed by atoms with Crippen LogP contribution in [0.5, 0.6) is 0 Å².